The molecule has 0 saturated carbocycles. The molecule has 2 unspecified atom stereocenters. The molecule has 2 saturated heterocycles. The highest BCUT2D eigenvalue weighted by atomic mass is 16.5. The van der Waals surface area contributed by atoms with Gasteiger partial charge in [-0.05, 0) is 32.9 Å². The van der Waals surface area contributed by atoms with Gasteiger partial charge in [-0.3, -0.25) is 9.59 Å². The number of rotatable bonds is 2. The standard InChI is InChI=1S/C12H20N2O3/c1-8-7-11(17-9(2)15)12(16)14(8)10-3-5-13-6-4-10/h8,10-11,13H,3-7H2,1-2H3. The van der Waals surface area contributed by atoms with Gasteiger partial charge in [0.2, 0.25) is 0 Å². The van der Waals surface area contributed by atoms with E-state index in [0.717, 1.165) is 25.9 Å². The van der Waals surface area contributed by atoms with Crippen LogP contribution in [0.15, 0.2) is 0 Å². The number of carbonyl (C=O) groups is 2. The molecule has 5 heteroatoms. The first-order valence-electron chi connectivity index (χ1n) is 6.29. The molecule has 2 atom stereocenters. The third-order valence-corrected chi connectivity index (χ3v) is 3.57. The zero-order valence-corrected chi connectivity index (χ0v) is 10.4. The SMILES string of the molecule is CC(=O)OC1CC(C)N(C2CCNCC2)C1=O. The third kappa shape index (κ3) is 2.60. The van der Waals surface area contributed by atoms with E-state index >= 15 is 0 Å². The number of nitrogens with zero attached hydrogens (tertiary/aromatic N) is 1. The lowest BCUT2D eigenvalue weighted by Gasteiger charge is -2.34. The molecule has 96 valence electrons. The Morgan fingerprint density at radius 2 is 2.06 bits per heavy atom. The maximum absolute atomic E-state index is 12.2. The zero-order chi connectivity index (χ0) is 12.4. The molecule has 0 aromatic heterocycles. The van der Waals surface area contributed by atoms with Crippen molar-refractivity contribution in [2.45, 2.75) is 51.3 Å². The van der Waals surface area contributed by atoms with E-state index in [9.17, 15) is 9.59 Å². The largest absolute Gasteiger partial charge is 0.452 e. The maximum atomic E-state index is 12.2. The second-order valence-electron chi connectivity index (χ2n) is 4.91. The fourth-order valence-electron chi connectivity index (χ4n) is 2.83. The predicted octanol–water partition coefficient (Wildman–Crippen LogP) is 0.291. The number of hydrogen-bond donors (Lipinski definition) is 1. The van der Waals surface area contributed by atoms with Crippen molar-refractivity contribution < 1.29 is 14.3 Å². The number of hydrogen-bond acceptors (Lipinski definition) is 4. The van der Waals surface area contributed by atoms with Crippen molar-refractivity contribution in [1.82, 2.24) is 10.2 Å². The van der Waals surface area contributed by atoms with Crippen LogP contribution in [-0.4, -0.2) is 48.1 Å². The summed E-state index contributed by atoms with van der Waals surface area (Å²) < 4.78 is 5.07. The van der Waals surface area contributed by atoms with Crippen molar-refractivity contribution in [3.05, 3.63) is 0 Å². The molecule has 0 spiro atoms. The molecule has 2 aliphatic rings. The van der Waals surface area contributed by atoms with E-state index in [1.165, 1.54) is 6.92 Å². The Hall–Kier alpha value is -1.10. The van der Waals surface area contributed by atoms with Crippen molar-refractivity contribution in [3.8, 4) is 0 Å². The van der Waals surface area contributed by atoms with Crippen LogP contribution in [0.5, 0.6) is 0 Å². The molecule has 2 rings (SSSR count). The first-order chi connectivity index (χ1) is 8.09. The van der Waals surface area contributed by atoms with Gasteiger partial charge < -0.3 is 15.0 Å². The van der Waals surface area contributed by atoms with E-state index in [0.29, 0.717) is 12.5 Å². The molecule has 0 bridgehead atoms. The Morgan fingerprint density at radius 1 is 1.41 bits per heavy atom. The summed E-state index contributed by atoms with van der Waals surface area (Å²) >= 11 is 0. The molecule has 1 amide bonds. The molecule has 5 nitrogen and oxygen atoms in total. The first-order valence-corrected chi connectivity index (χ1v) is 6.29. The Kier molecular flexibility index (Phi) is 3.66. The Balaban J connectivity index is 2.02. The number of amides is 1. The second kappa shape index (κ2) is 5.04. The van der Waals surface area contributed by atoms with Gasteiger partial charge >= 0.3 is 5.97 Å². The van der Waals surface area contributed by atoms with E-state index in [2.05, 4.69) is 5.32 Å². The van der Waals surface area contributed by atoms with Gasteiger partial charge in [0, 0.05) is 25.4 Å². The minimum absolute atomic E-state index is 0.0143. The van der Waals surface area contributed by atoms with Gasteiger partial charge in [-0.1, -0.05) is 0 Å². The van der Waals surface area contributed by atoms with Gasteiger partial charge in [0.15, 0.2) is 6.10 Å². The van der Waals surface area contributed by atoms with E-state index in [1.807, 2.05) is 11.8 Å². The Labute approximate surface area is 101 Å². The Bertz CT molecular complexity index is 313. The summed E-state index contributed by atoms with van der Waals surface area (Å²) in [5.74, 6) is -0.387. The molecule has 2 aliphatic heterocycles. The van der Waals surface area contributed by atoms with Crippen LogP contribution in [0.3, 0.4) is 0 Å². The number of esters is 1. The second-order valence-corrected chi connectivity index (χ2v) is 4.91. The van der Waals surface area contributed by atoms with Crippen molar-refractivity contribution >= 4 is 11.9 Å². The summed E-state index contributed by atoms with van der Waals surface area (Å²) in [7, 11) is 0. The summed E-state index contributed by atoms with van der Waals surface area (Å²) in [6.45, 7) is 5.30. The summed E-state index contributed by atoms with van der Waals surface area (Å²) in [5, 5.41) is 3.29. The van der Waals surface area contributed by atoms with Crippen LogP contribution < -0.4 is 5.32 Å². The highest BCUT2D eigenvalue weighted by Gasteiger charge is 2.42. The molecule has 0 aromatic rings. The fourth-order valence-corrected chi connectivity index (χ4v) is 2.83. The fraction of sp³-hybridized carbons (Fsp3) is 0.833. The van der Waals surface area contributed by atoms with Gasteiger partial charge in [0.25, 0.3) is 5.91 Å². The summed E-state index contributed by atoms with van der Waals surface area (Å²) in [4.78, 5) is 25.0. The van der Waals surface area contributed by atoms with Crippen LogP contribution in [0.25, 0.3) is 0 Å². The van der Waals surface area contributed by atoms with Crippen molar-refractivity contribution in [1.29, 1.82) is 0 Å². The zero-order valence-electron chi connectivity index (χ0n) is 10.4. The van der Waals surface area contributed by atoms with Gasteiger partial charge in [0.05, 0.1) is 0 Å². The lowest BCUT2D eigenvalue weighted by molar-refractivity contribution is -0.155. The van der Waals surface area contributed by atoms with Crippen LogP contribution in [-0.2, 0) is 14.3 Å². The molecule has 2 fully saturated rings. The van der Waals surface area contributed by atoms with Crippen molar-refractivity contribution in [3.63, 3.8) is 0 Å². The Morgan fingerprint density at radius 3 is 2.65 bits per heavy atom. The van der Waals surface area contributed by atoms with E-state index < -0.39 is 6.10 Å². The smallest absolute Gasteiger partial charge is 0.303 e. The highest BCUT2D eigenvalue weighted by Crippen LogP contribution is 2.27. The number of nitrogens with one attached hydrogen (secondary N) is 1. The van der Waals surface area contributed by atoms with Crippen LogP contribution in [0.4, 0.5) is 0 Å². The molecule has 0 radical (unpaired) electrons. The summed E-state index contributed by atoms with van der Waals surface area (Å²) in [5.41, 5.74) is 0. The third-order valence-electron chi connectivity index (χ3n) is 3.57. The summed E-state index contributed by atoms with van der Waals surface area (Å²) in [6, 6.07) is 0.481. The van der Waals surface area contributed by atoms with E-state index in [1.54, 1.807) is 0 Å². The van der Waals surface area contributed by atoms with Gasteiger partial charge in [-0.2, -0.15) is 0 Å². The first kappa shape index (κ1) is 12.4. The highest BCUT2D eigenvalue weighted by molar-refractivity contribution is 5.86. The summed E-state index contributed by atoms with van der Waals surface area (Å²) in [6.07, 6.45) is 2.05. The van der Waals surface area contributed by atoms with Gasteiger partial charge in [-0.25, -0.2) is 0 Å². The average molecular weight is 240 g/mol. The molecular formula is C12H20N2O3. The normalized spacial score (nSPS) is 30.7. The van der Waals surface area contributed by atoms with E-state index in [4.69, 9.17) is 4.74 Å². The van der Waals surface area contributed by atoms with Gasteiger partial charge in [0.1, 0.15) is 0 Å². The minimum atomic E-state index is -0.558. The van der Waals surface area contributed by atoms with Crippen LogP contribution in [0, 0.1) is 0 Å². The molecule has 0 aliphatic carbocycles. The number of piperidine rings is 1. The quantitative estimate of drug-likeness (QED) is 0.705. The minimum Gasteiger partial charge on any atom is -0.452 e. The van der Waals surface area contributed by atoms with E-state index in [-0.39, 0.29) is 17.9 Å². The predicted molar refractivity (Wildman–Crippen MR) is 62.4 cm³/mol. The van der Waals surface area contributed by atoms with Crippen LogP contribution in [0.1, 0.15) is 33.1 Å². The number of ether oxygens (including phenoxy) is 1. The number of carbonyl (C=O) groups excluding carboxylic acids is 2. The van der Waals surface area contributed by atoms with Crippen LogP contribution in [0.2, 0.25) is 0 Å². The molecule has 1 N–H and O–H groups in total. The maximum Gasteiger partial charge on any atom is 0.303 e. The van der Waals surface area contributed by atoms with Crippen molar-refractivity contribution in [2.75, 3.05) is 13.1 Å². The lowest BCUT2D eigenvalue weighted by Crippen LogP contribution is -2.47. The monoisotopic (exact) mass is 240 g/mol. The van der Waals surface area contributed by atoms with Gasteiger partial charge in [-0.15, -0.1) is 0 Å². The average Bonchev–Trinajstić information content (AvgIpc) is 2.54. The number of likely N-dealkylation sites (tertiary alicyclic amines) is 1. The van der Waals surface area contributed by atoms with Crippen molar-refractivity contribution in [2.24, 2.45) is 0 Å². The lowest BCUT2D eigenvalue weighted by atomic mass is 10.0. The molecule has 17 heavy (non-hydrogen) atoms. The topological polar surface area (TPSA) is 58.6 Å². The van der Waals surface area contributed by atoms with Crippen LogP contribution >= 0.6 is 0 Å². The molecular weight excluding hydrogens is 220 g/mol. The molecule has 0 aromatic carbocycles. The molecule has 2 heterocycles.